The summed E-state index contributed by atoms with van der Waals surface area (Å²) < 4.78 is 0. The molecular formula is C50H42OS. The van der Waals surface area contributed by atoms with Crippen molar-refractivity contribution in [3.05, 3.63) is 165 Å². The lowest BCUT2D eigenvalue weighted by molar-refractivity contribution is 0.106. The van der Waals surface area contributed by atoms with Crippen LogP contribution in [0.25, 0.3) is 44.5 Å². The molecule has 6 aromatic rings. The highest BCUT2D eigenvalue weighted by atomic mass is 32.1. The summed E-state index contributed by atoms with van der Waals surface area (Å²) >= 11 is 6.03. The van der Waals surface area contributed by atoms with Gasteiger partial charge in [-0.3, -0.25) is 4.79 Å². The van der Waals surface area contributed by atoms with Gasteiger partial charge in [0.05, 0.1) is 4.86 Å². The first-order chi connectivity index (χ1) is 24.6. The molecule has 2 heteroatoms. The third-order valence-electron chi connectivity index (χ3n) is 13.5. The molecule has 52 heavy (non-hydrogen) atoms. The van der Waals surface area contributed by atoms with Crippen LogP contribution in [0.15, 0.2) is 109 Å². The summed E-state index contributed by atoms with van der Waals surface area (Å²) in [5.41, 5.74) is 21.8. The van der Waals surface area contributed by atoms with Crippen molar-refractivity contribution in [2.75, 3.05) is 0 Å². The number of ketones is 1. The third kappa shape index (κ3) is 3.84. The van der Waals surface area contributed by atoms with Crippen molar-refractivity contribution in [2.45, 2.75) is 77.0 Å². The molecule has 0 heterocycles. The number of hydrogen-bond acceptors (Lipinski definition) is 2. The van der Waals surface area contributed by atoms with Gasteiger partial charge in [-0.05, 0) is 131 Å². The van der Waals surface area contributed by atoms with Crippen molar-refractivity contribution in [3.8, 4) is 44.5 Å². The van der Waals surface area contributed by atoms with Crippen LogP contribution in [0.4, 0.5) is 0 Å². The Kier molecular flexibility index (Phi) is 6.07. The van der Waals surface area contributed by atoms with E-state index in [1.54, 1.807) is 0 Å². The van der Waals surface area contributed by atoms with Crippen molar-refractivity contribution in [2.24, 2.45) is 0 Å². The third-order valence-corrected chi connectivity index (χ3v) is 13.9. The van der Waals surface area contributed by atoms with Gasteiger partial charge in [0.15, 0.2) is 0 Å². The van der Waals surface area contributed by atoms with Crippen LogP contribution >= 0.6 is 12.2 Å². The van der Waals surface area contributed by atoms with Crippen LogP contribution in [0.2, 0.25) is 0 Å². The van der Waals surface area contributed by atoms with Crippen molar-refractivity contribution in [3.63, 3.8) is 0 Å². The molecule has 1 nitrogen and oxygen atoms in total. The van der Waals surface area contributed by atoms with Gasteiger partial charge in [-0.15, -0.1) is 0 Å². The average molecular weight is 691 g/mol. The second-order valence-electron chi connectivity index (χ2n) is 17.7. The fourth-order valence-electron chi connectivity index (χ4n) is 10.4. The van der Waals surface area contributed by atoms with Crippen LogP contribution < -0.4 is 0 Å². The lowest BCUT2D eigenvalue weighted by Crippen LogP contribution is -2.19. The molecule has 0 spiro atoms. The van der Waals surface area contributed by atoms with Crippen molar-refractivity contribution in [1.82, 2.24) is 0 Å². The minimum absolute atomic E-state index is 0.0599. The predicted molar refractivity (Wildman–Crippen MR) is 219 cm³/mol. The molecule has 0 saturated carbocycles. The van der Waals surface area contributed by atoms with E-state index in [1.165, 1.54) is 89.0 Å². The Balaban J connectivity index is 0.999. The number of benzene rings is 6. The predicted octanol–water partition coefficient (Wildman–Crippen LogP) is 12.5. The molecule has 0 fully saturated rings. The van der Waals surface area contributed by atoms with E-state index in [9.17, 15) is 4.79 Å². The summed E-state index contributed by atoms with van der Waals surface area (Å²) in [5, 5.41) is 0. The molecule has 0 N–H and O–H groups in total. The van der Waals surface area contributed by atoms with E-state index in [0.717, 1.165) is 5.56 Å². The fraction of sp³-hybridized carbons (Fsp3) is 0.240. The van der Waals surface area contributed by atoms with Crippen LogP contribution in [0.1, 0.15) is 116 Å². The molecule has 0 unspecified atom stereocenters. The van der Waals surface area contributed by atoms with Gasteiger partial charge in [0, 0.05) is 27.2 Å². The van der Waals surface area contributed by atoms with Gasteiger partial charge in [0.1, 0.15) is 0 Å². The molecule has 0 aliphatic heterocycles. The Morgan fingerprint density at radius 2 is 0.673 bits per heavy atom. The van der Waals surface area contributed by atoms with Gasteiger partial charge in [0.2, 0.25) is 5.78 Å². The van der Waals surface area contributed by atoms with Crippen LogP contribution in [-0.2, 0) is 21.7 Å². The Bertz CT molecular complexity index is 2480. The topological polar surface area (TPSA) is 17.1 Å². The lowest BCUT2D eigenvalue weighted by Gasteiger charge is -2.24. The first kappa shape index (κ1) is 31.8. The van der Waals surface area contributed by atoms with Gasteiger partial charge < -0.3 is 0 Å². The Labute approximate surface area is 312 Å². The smallest absolute Gasteiger partial charge is 0.204 e. The van der Waals surface area contributed by atoms with Gasteiger partial charge >= 0.3 is 0 Å². The zero-order valence-electron chi connectivity index (χ0n) is 31.2. The number of thiocarbonyl (C=S) groups is 1. The zero-order chi connectivity index (χ0) is 36.3. The van der Waals surface area contributed by atoms with E-state index < -0.39 is 0 Å². The molecule has 0 saturated heterocycles. The number of carbonyl (C=O) groups is 1. The minimum Gasteiger partial charge on any atom is -0.288 e. The summed E-state index contributed by atoms with van der Waals surface area (Å²) in [6.45, 7) is 18.5. The molecule has 6 aromatic carbocycles. The Morgan fingerprint density at radius 1 is 0.365 bits per heavy atom. The number of hydrogen-bond donors (Lipinski definition) is 0. The monoisotopic (exact) mass is 690 g/mol. The molecule has 0 radical (unpaired) electrons. The van der Waals surface area contributed by atoms with E-state index in [4.69, 9.17) is 12.2 Å². The molecular weight excluding hydrogens is 649 g/mol. The summed E-state index contributed by atoms with van der Waals surface area (Å²) in [6.07, 6.45) is 0. The number of carbonyl (C=O) groups excluding carboxylic acids is 1. The molecule has 0 aromatic heterocycles. The summed E-state index contributed by atoms with van der Waals surface area (Å²) in [4.78, 5) is 14.7. The van der Waals surface area contributed by atoms with E-state index >= 15 is 0 Å². The Hall–Kier alpha value is -4.92. The maximum atomic E-state index is 14.3. The summed E-state index contributed by atoms with van der Waals surface area (Å²) in [7, 11) is 0. The minimum atomic E-state index is -0.252. The maximum absolute atomic E-state index is 14.3. The number of Topliss-reactive ketones (excluding diaryl/α,β-unsaturated/α-hetero) is 1. The van der Waals surface area contributed by atoms with E-state index in [0.29, 0.717) is 10.4 Å². The Morgan fingerprint density at radius 3 is 1.10 bits per heavy atom. The van der Waals surface area contributed by atoms with Crippen molar-refractivity contribution in [1.29, 1.82) is 0 Å². The second kappa shape index (κ2) is 9.94. The molecule has 0 amide bonds. The molecule has 4 aliphatic rings. The highest BCUT2D eigenvalue weighted by molar-refractivity contribution is 7.82. The number of rotatable bonds is 3. The van der Waals surface area contributed by atoms with Gasteiger partial charge in [-0.2, -0.15) is 0 Å². The summed E-state index contributed by atoms with van der Waals surface area (Å²) in [5.74, 6) is -0.0901. The maximum Gasteiger partial charge on any atom is 0.204 e. The SMILES string of the molecule is CC1(C)c2ccccc2-c2cc3c(cc21)-c1ccc(C(=O)C(=S)c2ccc4c(c2)C(C)(C)c2cc5c(cc2-4)C(C)(C)c2ccccc2-5)cc1C3(C)C. The van der Waals surface area contributed by atoms with Crippen molar-refractivity contribution >= 4 is 22.9 Å². The second-order valence-corrected chi connectivity index (χ2v) is 18.1. The van der Waals surface area contributed by atoms with Gasteiger partial charge in [0.25, 0.3) is 0 Å². The van der Waals surface area contributed by atoms with E-state index in [1.807, 2.05) is 6.07 Å². The molecule has 10 rings (SSSR count). The van der Waals surface area contributed by atoms with Crippen LogP contribution in [0.5, 0.6) is 0 Å². The highest BCUT2D eigenvalue weighted by Gasteiger charge is 2.43. The largest absolute Gasteiger partial charge is 0.288 e. The van der Waals surface area contributed by atoms with Gasteiger partial charge in [-0.1, -0.05) is 140 Å². The average Bonchev–Trinajstić information content (AvgIpc) is 3.69. The first-order valence-electron chi connectivity index (χ1n) is 18.6. The highest BCUT2D eigenvalue weighted by Crippen LogP contribution is 2.58. The van der Waals surface area contributed by atoms with Crippen LogP contribution in [0, 0.1) is 0 Å². The quantitative estimate of drug-likeness (QED) is 0.136. The van der Waals surface area contributed by atoms with Crippen LogP contribution in [-0.4, -0.2) is 10.6 Å². The van der Waals surface area contributed by atoms with E-state index in [2.05, 4.69) is 159 Å². The zero-order valence-corrected chi connectivity index (χ0v) is 32.0. The van der Waals surface area contributed by atoms with E-state index in [-0.39, 0.29) is 27.4 Å². The number of fused-ring (bicyclic) bond motifs is 12. The first-order valence-corrected chi connectivity index (χ1v) is 19.0. The van der Waals surface area contributed by atoms with Gasteiger partial charge in [-0.25, -0.2) is 0 Å². The molecule has 254 valence electrons. The molecule has 0 bridgehead atoms. The summed E-state index contributed by atoms with van der Waals surface area (Å²) in [6, 6.07) is 40.1. The normalized spacial score (nSPS) is 17.6. The lowest BCUT2D eigenvalue weighted by atomic mass is 9.79. The molecule has 0 atom stereocenters. The van der Waals surface area contributed by atoms with Crippen LogP contribution in [0.3, 0.4) is 0 Å². The standard InChI is InChI=1S/C50H42OS/c1-47(2)37-15-11-9-13-29(37)33-23-43-35(25-41(33)47)31-19-17-27(21-39(31)49(43,5)6)45(51)46(52)28-18-20-32-36-26-42-34(24-44(36)50(7,8)40(32)22-28)30-14-10-12-16-38(30)48(42,3)4/h9-26H,1-8H3. The molecule has 4 aliphatic carbocycles. The van der Waals surface area contributed by atoms with Crippen molar-refractivity contribution < 1.29 is 4.79 Å². The fourth-order valence-corrected chi connectivity index (χ4v) is 10.6.